The van der Waals surface area contributed by atoms with Crippen LogP contribution in [0.5, 0.6) is 0 Å². The Morgan fingerprint density at radius 1 is 1.21 bits per heavy atom. The van der Waals surface area contributed by atoms with Gasteiger partial charge in [-0.3, -0.25) is 0 Å². The zero-order chi connectivity index (χ0) is 18.6. The highest BCUT2D eigenvalue weighted by Crippen LogP contribution is 2.72. The Bertz CT molecular complexity index is 559. The molecule has 0 saturated heterocycles. The lowest BCUT2D eigenvalue weighted by Crippen LogP contribution is -2.13. The van der Waals surface area contributed by atoms with Crippen LogP contribution in [0.1, 0.15) is 33.1 Å². The Kier molecular flexibility index (Phi) is 9.70. The number of rotatable bonds is 10. The summed E-state index contributed by atoms with van der Waals surface area (Å²) in [5.41, 5.74) is 0. The van der Waals surface area contributed by atoms with E-state index in [1.807, 2.05) is 0 Å². The van der Waals surface area contributed by atoms with Gasteiger partial charge in [0.15, 0.2) is 6.49 Å². The standard InChI is InChI=1S/C11H24BO6P3S3/c1-3-9-5-11(12)6-10(9)7-17-21(16,24-4-2)18-20(15,23)8-19(13,14)22/h9-11H,3-8H2,1-2H3,(H,15,23)(H2,13,14,22). The predicted octanol–water partition coefficient (Wildman–Crippen LogP) is 3.83. The summed E-state index contributed by atoms with van der Waals surface area (Å²) in [5, 5.41) is 0. The molecule has 1 aliphatic rings. The molecule has 0 spiro atoms. The normalized spacial score (nSPS) is 30.0. The van der Waals surface area contributed by atoms with Crippen LogP contribution in [0.4, 0.5) is 0 Å². The van der Waals surface area contributed by atoms with E-state index >= 15 is 0 Å². The Morgan fingerprint density at radius 3 is 2.29 bits per heavy atom. The monoisotopic (exact) mass is 452 g/mol. The highest BCUT2D eigenvalue weighted by molar-refractivity contribution is 8.55. The fraction of sp³-hybridized carbons (Fsp3) is 1.00. The summed E-state index contributed by atoms with van der Waals surface area (Å²) in [5.74, 6) is 0.463. The van der Waals surface area contributed by atoms with E-state index in [4.69, 9.17) is 28.5 Å². The SMILES string of the molecule is [B]C1CC(CC)C(COP(=O)(OP(O)(=S)CP(O)(O)=S)SCC)C1. The van der Waals surface area contributed by atoms with E-state index in [0.29, 0.717) is 11.7 Å². The molecule has 1 saturated carbocycles. The van der Waals surface area contributed by atoms with Crippen molar-refractivity contribution < 1.29 is 28.1 Å². The molecule has 1 aliphatic carbocycles. The maximum Gasteiger partial charge on any atom is 0.394 e. The van der Waals surface area contributed by atoms with Gasteiger partial charge in [-0.1, -0.05) is 38.9 Å². The summed E-state index contributed by atoms with van der Waals surface area (Å²) in [6.45, 7) is -7.13. The van der Waals surface area contributed by atoms with Crippen LogP contribution in [0, 0.1) is 11.8 Å². The fourth-order valence-electron chi connectivity index (χ4n) is 2.81. The van der Waals surface area contributed by atoms with Crippen molar-refractivity contribution in [3.8, 4) is 0 Å². The van der Waals surface area contributed by atoms with Crippen LogP contribution in [0.25, 0.3) is 0 Å². The van der Waals surface area contributed by atoms with Gasteiger partial charge >= 0.3 is 6.80 Å². The summed E-state index contributed by atoms with van der Waals surface area (Å²) < 4.78 is 23.6. The predicted molar refractivity (Wildman–Crippen MR) is 109 cm³/mol. The second-order valence-electron chi connectivity index (χ2n) is 5.85. The molecule has 5 atom stereocenters. The molecule has 6 nitrogen and oxygen atoms in total. The molecule has 0 amide bonds. The van der Waals surface area contributed by atoms with Gasteiger partial charge < -0.3 is 19.2 Å². The quantitative estimate of drug-likeness (QED) is 0.338. The van der Waals surface area contributed by atoms with Gasteiger partial charge in [-0.2, -0.15) is 0 Å². The third-order valence-electron chi connectivity index (χ3n) is 3.73. The molecule has 1 rings (SSSR count). The molecule has 0 bridgehead atoms. The Balaban J connectivity index is 2.75. The molecule has 2 radical (unpaired) electrons. The minimum absolute atomic E-state index is 0.112. The minimum atomic E-state index is -3.75. The van der Waals surface area contributed by atoms with Crippen LogP contribution in [-0.4, -0.2) is 40.8 Å². The van der Waals surface area contributed by atoms with Crippen LogP contribution in [-0.2, 0) is 37.0 Å². The van der Waals surface area contributed by atoms with Crippen molar-refractivity contribution in [3.05, 3.63) is 0 Å². The van der Waals surface area contributed by atoms with Crippen LogP contribution < -0.4 is 0 Å². The van der Waals surface area contributed by atoms with E-state index in [1.165, 1.54) is 0 Å². The smallest absolute Gasteiger partial charge is 0.345 e. The Labute approximate surface area is 159 Å². The van der Waals surface area contributed by atoms with Crippen molar-refractivity contribution in [1.29, 1.82) is 0 Å². The summed E-state index contributed by atoms with van der Waals surface area (Å²) in [6.07, 6.45) is 2.66. The number of hydrogen-bond acceptors (Lipinski definition) is 6. The first-order valence-electron chi connectivity index (χ1n) is 7.62. The lowest BCUT2D eigenvalue weighted by molar-refractivity contribution is 0.199. The lowest BCUT2D eigenvalue weighted by Gasteiger charge is -2.26. The average molecular weight is 452 g/mol. The highest BCUT2D eigenvalue weighted by atomic mass is 32.7. The first-order chi connectivity index (χ1) is 10.9. The molecular weight excluding hydrogens is 428 g/mol. The molecule has 13 heteroatoms. The molecule has 0 aromatic carbocycles. The first kappa shape index (κ1) is 23.8. The van der Waals surface area contributed by atoms with Gasteiger partial charge in [0.1, 0.15) is 0 Å². The zero-order valence-corrected chi connectivity index (χ0v) is 18.8. The van der Waals surface area contributed by atoms with E-state index in [1.54, 1.807) is 6.92 Å². The van der Waals surface area contributed by atoms with Crippen molar-refractivity contribution in [3.63, 3.8) is 0 Å². The second kappa shape index (κ2) is 9.79. The largest absolute Gasteiger partial charge is 0.394 e. The van der Waals surface area contributed by atoms with Gasteiger partial charge in [0.05, 0.1) is 20.4 Å². The molecule has 0 heterocycles. The topological polar surface area (TPSA) is 96.2 Å². The Hall–Kier alpha value is 1.74. The molecule has 0 aromatic rings. The lowest BCUT2D eigenvalue weighted by atomic mass is 9.85. The molecule has 1 fully saturated rings. The van der Waals surface area contributed by atoms with Gasteiger partial charge in [0.25, 0.3) is 0 Å². The van der Waals surface area contributed by atoms with Crippen LogP contribution in [0.3, 0.4) is 0 Å². The van der Waals surface area contributed by atoms with Crippen LogP contribution in [0.2, 0.25) is 5.82 Å². The molecule has 3 N–H and O–H groups in total. The number of hydrogen-bond donors (Lipinski definition) is 3. The third-order valence-corrected chi connectivity index (χ3v) is 14.8. The highest BCUT2D eigenvalue weighted by Gasteiger charge is 2.38. The molecule has 0 aromatic heterocycles. The molecule has 24 heavy (non-hydrogen) atoms. The maximum absolute atomic E-state index is 12.9. The van der Waals surface area contributed by atoms with Crippen molar-refractivity contribution >= 4 is 62.6 Å². The van der Waals surface area contributed by atoms with E-state index < -0.39 is 25.7 Å². The van der Waals surface area contributed by atoms with Crippen LogP contribution in [0.15, 0.2) is 0 Å². The summed E-state index contributed by atoms with van der Waals surface area (Å²) in [7, 11) is 5.98. The molecule has 5 unspecified atom stereocenters. The van der Waals surface area contributed by atoms with E-state index in [-0.39, 0.29) is 18.3 Å². The maximum atomic E-state index is 12.9. The van der Waals surface area contributed by atoms with Crippen molar-refractivity contribution in [2.24, 2.45) is 11.8 Å². The summed E-state index contributed by atoms with van der Waals surface area (Å²) in [6, 6.07) is 0. The van der Waals surface area contributed by atoms with E-state index in [9.17, 15) is 19.2 Å². The van der Waals surface area contributed by atoms with Gasteiger partial charge in [-0.05, 0) is 46.8 Å². The van der Waals surface area contributed by atoms with Crippen LogP contribution >= 0.6 is 31.2 Å². The molecular formula is C11H24BO6P3S3. The fourth-order valence-corrected chi connectivity index (χ4v) is 15.2. The van der Waals surface area contributed by atoms with Crippen molar-refractivity contribution in [1.82, 2.24) is 0 Å². The first-order valence-corrected chi connectivity index (χ1v) is 16.5. The van der Waals surface area contributed by atoms with Gasteiger partial charge in [0, 0.05) is 5.75 Å². The second-order valence-corrected chi connectivity index (χ2v) is 17.8. The third kappa shape index (κ3) is 8.62. The Morgan fingerprint density at radius 2 is 1.79 bits per heavy atom. The summed E-state index contributed by atoms with van der Waals surface area (Å²) in [4.78, 5) is 28.8. The molecule has 0 aliphatic heterocycles. The van der Waals surface area contributed by atoms with Gasteiger partial charge in [0.2, 0.25) is 6.49 Å². The minimum Gasteiger partial charge on any atom is -0.345 e. The van der Waals surface area contributed by atoms with Gasteiger partial charge in [-0.15, -0.1) is 0 Å². The zero-order valence-electron chi connectivity index (χ0n) is 13.7. The summed E-state index contributed by atoms with van der Waals surface area (Å²) >= 11 is 10.3. The average Bonchev–Trinajstić information content (AvgIpc) is 2.73. The molecule has 140 valence electrons. The van der Waals surface area contributed by atoms with Gasteiger partial charge in [-0.25, -0.2) is 8.88 Å². The van der Waals surface area contributed by atoms with Crippen molar-refractivity contribution in [2.45, 2.75) is 38.9 Å². The van der Waals surface area contributed by atoms with E-state index in [2.05, 4.69) is 18.7 Å². The van der Waals surface area contributed by atoms with Crippen molar-refractivity contribution in [2.75, 3.05) is 18.3 Å². The van der Waals surface area contributed by atoms with E-state index in [0.717, 1.165) is 30.6 Å².